The van der Waals surface area contributed by atoms with Gasteiger partial charge in [-0.25, -0.2) is 4.98 Å². The van der Waals surface area contributed by atoms with Gasteiger partial charge in [-0.05, 0) is 0 Å². The van der Waals surface area contributed by atoms with Gasteiger partial charge in [0.1, 0.15) is 11.4 Å². The molecule has 0 aliphatic carbocycles. The number of fused-ring (bicyclic) bond motifs is 1. The van der Waals surface area contributed by atoms with Gasteiger partial charge in [-0.1, -0.05) is 0 Å². The lowest BCUT2D eigenvalue weighted by molar-refractivity contribution is 0.322. The third-order valence-corrected chi connectivity index (χ3v) is 2.46. The van der Waals surface area contributed by atoms with Crippen LogP contribution in [0.5, 0.6) is 0 Å². The summed E-state index contributed by atoms with van der Waals surface area (Å²) >= 11 is 1.47. The van der Waals surface area contributed by atoms with Gasteiger partial charge < -0.3 is 5.11 Å². The van der Waals surface area contributed by atoms with Crippen LogP contribution < -0.4 is 0 Å². The molecule has 13 heavy (non-hydrogen) atoms. The molecular weight excluding hydrogens is 188 g/mol. The first-order valence-corrected chi connectivity index (χ1v) is 4.78. The average molecular weight is 196 g/mol. The molecule has 0 bridgehead atoms. The molecule has 2 heterocycles. The fraction of sp³-hybridized carbons (Fsp3) is 0.286. The zero-order chi connectivity index (χ0) is 9.10. The Balaban J connectivity index is 2.37. The summed E-state index contributed by atoms with van der Waals surface area (Å²) in [5.74, 6) is 0.625. The minimum Gasteiger partial charge on any atom is -0.396 e. The second-order valence-corrected chi connectivity index (χ2v) is 3.45. The Morgan fingerprint density at radius 2 is 2.46 bits per heavy atom. The molecule has 0 aliphatic rings. The Hall–Kier alpha value is -1.14. The topological polar surface area (TPSA) is 63.3 Å². The summed E-state index contributed by atoms with van der Waals surface area (Å²) in [6.45, 7) is 0.140. The molecule has 68 valence electrons. The molecule has 0 unspecified atom stereocenters. The van der Waals surface area contributed by atoms with Crippen molar-refractivity contribution in [1.82, 2.24) is 19.6 Å². The third kappa shape index (κ3) is 1.63. The smallest absolute Gasteiger partial charge is 0.193 e. The number of hydrogen-bond donors (Lipinski definition) is 1. The molecule has 1 N–H and O–H groups in total. The van der Waals surface area contributed by atoms with E-state index in [1.54, 1.807) is 23.1 Å². The lowest BCUT2D eigenvalue weighted by Crippen LogP contribution is -1.92. The van der Waals surface area contributed by atoms with Crippen LogP contribution >= 0.6 is 11.8 Å². The van der Waals surface area contributed by atoms with Crippen LogP contribution in [0.2, 0.25) is 0 Å². The van der Waals surface area contributed by atoms with E-state index in [0.29, 0.717) is 5.75 Å². The standard InChI is InChI=1S/C7H8N4OS/c12-3-4-13-7-6-10-9-5-11(6)2-1-8-7/h1-2,5,12H,3-4H2. The summed E-state index contributed by atoms with van der Waals surface area (Å²) in [7, 11) is 0. The van der Waals surface area contributed by atoms with Crippen molar-refractivity contribution < 1.29 is 5.11 Å². The molecule has 0 amide bonds. The Kier molecular flexibility index (Phi) is 2.42. The zero-order valence-electron chi connectivity index (χ0n) is 6.79. The summed E-state index contributed by atoms with van der Waals surface area (Å²) < 4.78 is 1.80. The fourth-order valence-electron chi connectivity index (χ4n) is 0.979. The van der Waals surface area contributed by atoms with E-state index in [4.69, 9.17) is 5.11 Å². The highest BCUT2D eigenvalue weighted by atomic mass is 32.2. The van der Waals surface area contributed by atoms with Gasteiger partial charge >= 0.3 is 0 Å². The molecule has 0 saturated heterocycles. The Labute approximate surface area is 78.8 Å². The van der Waals surface area contributed by atoms with E-state index in [2.05, 4.69) is 15.2 Å². The number of hydrogen-bond acceptors (Lipinski definition) is 5. The number of rotatable bonds is 3. The Bertz CT molecular complexity index is 402. The molecule has 2 rings (SSSR count). The van der Waals surface area contributed by atoms with Crippen molar-refractivity contribution in [3.63, 3.8) is 0 Å². The Morgan fingerprint density at radius 3 is 3.31 bits per heavy atom. The maximum absolute atomic E-state index is 8.66. The fourth-order valence-corrected chi connectivity index (χ4v) is 1.67. The van der Waals surface area contributed by atoms with Gasteiger partial charge in [-0.2, -0.15) is 0 Å². The average Bonchev–Trinajstić information content (AvgIpc) is 2.62. The molecule has 0 saturated carbocycles. The highest BCUT2D eigenvalue weighted by Crippen LogP contribution is 2.17. The highest BCUT2D eigenvalue weighted by molar-refractivity contribution is 7.99. The molecule has 0 fully saturated rings. The lowest BCUT2D eigenvalue weighted by atomic mass is 10.7. The Morgan fingerprint density at radius 1 is 1.54 bits per heavy atom. The number of nitrogens with zero attached hydrogens (tertiary/aromatic N) is 4. The van der Waals surface area contributed by atoms with Crippen LogP contribution in [0.15, 0.2) is 23.7 Å². The van der Waals surface area contributed by atoms with Crippen LogP contribution in [0.1, 0.15) is 0 Å². The van der Waals surface area contributed by atoms with Crippen LogP contribution in [0.4, 0.5) is 0 Å². The summed E-state index contributed by atoms with van der Waals surface area (Å²) in [6, 6.07) is 0. The molecule has 0 aromatic carbocycles. The van der Waals surface area contributed by atoms with Crippen LogP contribution in [-0.2, 0) is 0 Å². The molecule has 0 radical (unpaired) electrons. The molecule has 0 aliphatic heterocycles. The first kappa shape index (κ1) is 8.46. The number of aromatic nitrogens is 4. The molecule has 6 heteroatoms. The highest BCUT2D eigenvalue weighted by Gasteiger charge is 2.03. The van der Waals surface area contributed by atoms with E-state index in [0.717, 1.165) is 10.7 Å². The van der Waals surface area contributed by atoms with Crippen molar-refractivity contribution >= 4 is 17.4 Å². The molecule has 0 spiro atoms. The number of aliphatic hydroxyl groups is 1. The normalized spacial score (nSPS) is 10.8. The quantitative estimate of drug-likeness (QED) is 0.711. The first-order chi connectivity index (χ1) is 6.42. The molecule has 0 atom stereocenters. The van der Waals surface area contributed by atoms with Crippen molar-refractivity contribution in [2.24, 2.45) is 0 Å². The van der Waals surface area contributed by atoms with Gasteiger partial charge in [0.25, 0.3) is 0 Å². The molecule has 2 aromatic rings. The minimum atomic E-state index is 0.140. The summed E-state index contributed by atoms with van der Waals surface area (Å²) in [5, 5.41) is 17.1. The third-order valence-electron chi connectivity index (χ3n) is 1.51. The van der Waals surface area contributed by atoms with Gasteiger partial charge in [0.05, 0.1) is 6.61 Å². The van der Waals surface area contributed by atoms with E-state index in [1.807, 2.05) is 0 Å². The lowest BCUT2D eigenvalue weighted by Gasteiger charge is -1.98. The van der Waals surface area contributed by atoms with Crippen molar-refractivity contribution in [2.45, 2.75) is 5.03 Å². The van der Waals surface area contributed by atoms with E-state index in [9.17, 15) is 0 Å². The maximum atomic E-state index is 8.66. The predicted molar refractivity (Wildman–Crippen MR) is 48.6 cm³/mol. The van der Waals surface area contributed by atoms with Crippen LogP contribution in [0.3, 0.4) is 0 Å². The van der Waals surface area contributed by atoms with E-state index in [1.165, 1.54) is 11.8 Å². The second kappa shape index (κ2) is 3.71. The van der Waals surface area contributed by atoms with Gasteiger partial charge in [0, 0.05) is 18.1 Å². The summed E-state index contributed by atoms with van der Waals surface area (Å²) in [5.41, 5.74) is 0.737. The SMILES string of the molecule is OCCSc1nccn2cnnc12. The second-order valence-electron chi connectivity index (χ2n) is 2.37. The number of aliphatic hydroxyl groups excluding tert-OH is 1. The van der Waals surface area contributed by atoms with Gasteiger partial charge in [-0.15, -0.1) is 22.0 Å². The minimum absolute atomic E-state index is 0.140. The maximum Gasteiger partial charge on any atom is 0.193 e. The summed E-state index contributed by atoms with van der Waals surface area (Å²) in [6.07, 6.45) is 5.11. The molecule has 5 nitrogen and oxygen atoms in total. The van der Waals surface area contributed by atoms with Crippen LogP contribution in [0, 0.1) is 0 Å². The van der Waals surface area contributed by atoms with E-state index in [-0.39, 0.29) is 6.61 Å². The molecule has 2 aromatic heterocycles. The van der Waals surface area contributed by atoms with Crippen LogP contribution in [0.25, 0.3) is 5.65 Å². The monoisotopic (exact) mass is 196 g/mol. The van der Waals surface area contributed by atoms with Crippen LogP contribution in [-0.4, -0.2) is 37.0 Å². The van der Waals surface area contributed by atoms with E-state index < -0.39 is 0 Å². The van der Waals surface area contributed by atoms with Crippen molar-refractivity contribution in [3.05, 3.63) is 18.7 Å². The van der Waals surface area contributed by atoms with Crippen molar-refractivity contribution in [3.8, 4) is 0 Å². The van der Waals surface area contributed by atoms with Gasteiger partial charge in [0.2, 0.25) is 0 Å². The van der Waals surface area contributed by atoms with Gasteiger partial charge in [0.15, 0.2) is 5.65 Å². The van der Waals surface area contributed by atoms with E-state index >= 15 is 0 Å². The van der Waals surface area contributed by atoms with Crippen molar-refractivity contribution in [1.29, 1.82) is 0 Å². The zero-order valence-corrected chi connectivity index (χ0v) is 7.61. The van der Waals surface area contributed by atoms with Crippen molar-refractivity contribution in [2.75, 3.05) is 12.4 Å². The molecular formula is C7H8N4OS. The largest absolute Gasteiger partial charge is 0.396 e. The van der Waals surface area contributed by atoms with Gasteiger partial charge in [-0.3, -0.25) is 4.40 Å². The predicted octanol–water partition coefficient (Wildman–Crippen LogP) is 0.209. The first-order valence-electron chi connectivity index (χ1n) is 3.80. The number of thioether (sulfide) groups is 1. The summed E-state index contributed by atoms with van der Waals surface area (Å²) in [4.78, 5) is 4.15.